The average molecular weight is 451 g/mol. The Morgan fingerprint density at radius 2 is 0.474 bits per heavy atom. The van der Waals surface area contributed by atoms with Crippen molar-refractivity contribution in [2.75, 3.05) is 26.7 Å². The zero-order valence-electron chi connectivity index (χ0n) is 11.8. The van der Waals surface area contributed by atoms with Crippen LogP contribution in [-0.2, 0) is 33.6 Å². The minimum atomic E-state index is 0. The van der Waals surface area contributed by atoms with Crippen molar-refractivity contribution in [3.8, 4) is 0 Å². The molecule has 0 aromatic heterocycles. The van der Waals surface area contributed by atoms with Crippen LogP contribution in [0.2, 0.25) is 0 Å². The van der Waals surface area contributed by atoms with E-state index in [4.69, 9.17) is 0 Å². The van der Waals surface area contributed by atoms with Crippen LogP contribution in [0, 0.1) is 64.2 Å². The molecule has 114 valence electrons. The third-order valence-corrected chi connectivity index (χ3v) is 1.11. The van der Waals surface area contributed by atoms with Gasteiger partial charge < -0.3 is 0 Å². The van der Waals surface area contributed by atoms with Crippen molar-refractivity contribution in [3.63, 3.8) is 0 Å². The van der Waals surface area contributed by atoms with Gasteiger partial charge in [-0.3, -0.25) is 0 Å². The van der Waals surface area contributed by atoms with Crippen LogP contribution in [0.25, 0.3) is 0 Å². The smallest absolute Gasteiger partial charge is 0 e. The molecule has 0 nitrogen and oxygen atoms in total. The molecule has 0 bridgehead atoms. The summed E-state index contributed by atoms with van der Waals surface area (Å²) >= 11 is 0. The minimum absolute atomic E-state index is 0. The van der Waals surface area contributed by atoms with Gasteiger partial charge in [-0.2, -0.15) is 0 Å². The number of rotatable bonds is 0. The van der Waals surface area contributed by atoms with Gasteiger partial charge in [0.05, 0.1) is 0 Å². The fraction of sp³-hybridized carbons (Fsp3) is 0.286. The molecule has 5 heteroatoms. The molecule has 0 spiro atoms. The summed E-state index contributed by atoms with van der Waals surface area (Å²) in [6.45, 7) is 8.61. The van der Waals surface area contributed by atoms with Crippen molar-refractivity contribution in [1.82, 2.24) is 0 Å². The number of hydrogen-bond donors (Lipinski definition) is 0. The second-order valence-electron chi connectivity index (χ2n) is 2.92. The van der Waals surface area contributed by atoms with E-state index >= 15 is 0 Å². The molecule has 2 aliphatic rings. The van der Waals surface area contributed by atoms with Gasteiger partial charge in [0.1, 0.15) is 0 Å². The molecule has 0 heterocycles. The summed E-state index contributed by atoms with van der Waals surface area (Å²) in [6.07, 6.45) is 20.0. The van der Waals surface area contributed by atoms with Crippen molar-refractivity contribution in [1.29, 1.82) is 0 Å². The summed E-state index contributed by atoms with van der Waals surface area (Å²) in [5, 5.41) is 0. The van der Waals surface area contributed by atoms with E-state index in [1.165, 1.54) is 0 Å². The van der Waals surface area contributed by atoms with E-state index < -0.39 is 0 Å². The molecule has 19 heavy (non-hydrogen) atoms. The summed E-state index contributed by atoms with van der Waals surface area (Å²) in [6, 6.07) is 0. The van der Waals surface area contributed by atoms with Gasteiger partial charge in [0, 0.05) is 50.6 Å². The van der Waals surface area contributed by atoms with Gasteiger partial charge in [0.2, 0.25) is 0 Å². The molecular formula is C14H24Co2P2Se. The number of hydrogen-bond acceptors (Lipinski definition) is 0. The van der Waals surface area contributed by atoms with Crippen molar-refractivity contribution < 1.29 is 33.6 Å². The molecule has 0 unspecified atom stereocenters. The van der Waals surface area contributed by atoms with Crippen LogP contribution in [-0.4, -0.2) is 43.7 Å². The first-order chi connectivity index (χ1) is 7.83. The van der Waals surface area contributed by atoms with Gasteiger partial charge in [0.15, 0.2) is 0 Å². The summed E-state index contributed by atoms with van der Waals surface area (Å²) in [5.41, 5.74) is 0. The maximum Gasteiger partial charge on any atom is 0 e. The van der Waals surface area contributed by atoms with Gasteiger partial charge in [-0.1, -0.05) is 0 Å². The first-order valence-electron chi connectivity index (χ1n) is 5.33. The monoisotopic (exact) mass is 452 g/mol. The molecule has 14 radical (unpaired) electrons. The first-order valence-corrected chi connectivity index (χ1v) is 9.33. The molecule has 2 saturated carbocycles. The van der Waals surface area contributed by atoms with Crippen molar-refractivity contribution >= 4 is 34.2 Å². The largest absolute Gasteiger partial charge is 0.129 e. The van der Waals surface area contributed by atoms with E-state index in [0.29, 0.717) is 0 Å². The van der Waals surface area contributed by atoms with Crippen molar-refractivity contribution in [3.05, 3.63) is 64.2 Å². The van der Waals surface area contributed by atoms with Gasteiger partial charge in [-0.15, -0.1) is 17.2 Å². The summed E-state index contributed by atoms with van der Waals surface area (Å²) in [4.78, 5) is 0. The third-order valence-electron chi connectivity index (χ3n) is 1.11. The quantitative estimate of drug-likeness (QED) is 0.391. The Labute approximate surface area is 158 Å². The zero-order chi connectivity index (χ0) is 12.5. The molecule has 0 aromatic rings. The van der Waals surface area contributed by atoms with E-state index in [1.54, 1.807) is 0 Å². The molecule has 2 rings (SSSR count). The molecule has 0 atom stereocenters. The van der Waals surface area contributed by atoms with E-state index in [1.807, 2.05) is 64.2 Å². The SMILES string of the molecule is CPC.CPC.[CH]1[CH][CH][CH][CH]1.[CH]1[CH][CH][CH][CH]1.[Co].[Co].[Se]. The topological polar surface area (TPSA) is 0 Å². The maximum absolute atomic E-state index is 2.15. The van der Waals surface area contributed by atoms with E-state index in [9.17, 15) is 0 Å². The van der Waals surface area contributed by atoms with Crippen LogP contribution in [0.3, 0.4) is 0 Å². The molecule has 0 aromatic carbocycles. The van der Waals surface area contributed by atoms with Crippen molar-refractivity contribution in [2.45, 2.75) is 0 Å². The summed E-state index contributed by atoms with van der Waals surface area (Å²) in [7, 11) is 2.17. The Morgan fingerprint density at radius 3 is 0.526 bits per heavy atom. The van der Waals surface area contributed by atoms with Crippen LogP contribution < -0.4 is 0 Å². The molecule has 2 aliphatic carbocycles. The Balaban J connectivity index is -0.0000000450. The average Bonchev–Trinajstić information content (AvgIpc) is 3.00. The van der Waals surface area contributed by atoms with Crippen LogP contribution in [0.1, 0.15) is 0 Å². The Hall–Kier alpha value is 2.39. The van der Waals surface area contributed by atoms with Gasteiger partial charge in [0.25, 0.3) is 0 Å². The zero-order valence-corrected chi connectivity index (χ0v) is 17.6. The van der Waals surface area contributed by atoms with Gasteiger partial charge in [-0.25, -0.2) is 0 Å². The van der Waals surface area contributed by atoms with Crippen LogP contribution >= 0.6 is 17.2 Å². The van der Waals surface area contributed by atoms with Crippen LogP contribution in [0.4, 0.5) is 0 Å². The van der Waals surface area contributed by atoms with E-state index in [0.717, 1.165) is 17.2 Å². The predicted octanol–water partition coefficient (Wildman–Crippen LogP) is 3.51. The molecule has 0 amide bonds. The molecule has 2 fully saturated rings. The normalized spacial score (nSPS) is 14.5. The third kappa shape index (κ3) is 44.9. The van der Waals surface area contributed by atoms with E-state index in [2.05, 4.69) is 26.7 Å². The summed E-state index contributed by atoms with van der Waals surface area (Å²) in [5.74, 6) is 0. The Bertz CT molecular complexity index is 74.2. The summed E-state index contributed by atoms with van der Waals surface area (Å²) < 4.78 is 0. The molecular weight excluding hydrogens is 427 g/mol. The van der Waals surface area contributed by atoms with Gasteiger partial charge in [-0.05, 0) is 90.9 Å². The maximum atomic E-state index is 2.15. The molecule has 0 N–H and O–H groups in total. The second kappa shape index (κ2) is 37.0. The Kier molecular flexibility index (Phi) is 64.5. The fourth-order valence-electron chi connectivity index (χ4n) is 0.642. The Morgan fingerprint density at radius 1 is 0.421 bits per heavy atom. The van der Waals surface area contributed by atoms with E-state index in [-0.39, 0.29) is 50.6 Å². The van der Waals surface area contributed by atoms with Crippen LogP contribution in [0.5, 0.6) is 0 Å². The predicted molar refractivity (Wildman–Crippen MR) is 89.1 cm³/mol. The second-order valence-corrected chi connectivity index (χ2v) is 4.92. The minimum Gasteiger partial charge on any atom is -0.129 e. The van der Waals surface area contributed by atoms with Gasteiger partial charge >= 0.3 is 0 Å². The fourth-order valence-corrected chi connectivity index (χ4v) is 0.642. The first kappa shape index (κ1) is 33.1. The molecule has 0 aliphatic heterocycles. The van der Waals surface area contributed by atoms with Crippen molar-refractivity contribution in [2.24, 2.45) is 0 Å². The van der Waals surface area contributed by atoms with Crippen LogP contribution in [0.15, 0.2) is 0 Å². The molecule has 0 saturated heterocycles. The standard InChI is InChI=1S/2C5H5.2C2H7P.2Co.Se/c2*1-2-4-5-3-1;2*1-3-2;;;/h2*1-5H;2*3H,1-2H3;;;.